The highest BCUT2D eigenvalue weighted by atomic mass is 79.9. The Bertz CT molecular complexity index is 611. The molecule has 106 valence electrons. The van der Waals surface area contributed by atoms with Crippen molar-refractivity contribution in [3.63, 3.8) is 0 Å². The smallest absolute Gasteiger partial charge is 0.0603 e. The molecule has 1 nitrogen and oxygen atoms in total. The number of benzene rings is 2. The van der Waals surface area contributed by atoms with Crippen LogP contribution in [0.3, 0.4) is 0 Å². The van der Waals surface area contributed by atoms with Gasteiger partial charge in [-0.15, -0.1) is 0 Å². The zero-order valence-corrected chi connectivity index (χ0v) is 14.5. The van der Waals surface area contributed by atoms with Crippen molar-refractivity contribution in [2.75, 3.05) is 6.54 Å². The van der Waals surface area contributed by atoms with E-state index in [1.165, 1.54) is 5.56 Å². The van der Waals surface area contributed by atoms with Crippen LogP contribution in [0.25, 0.3) is 0 Å². The molecule has 0 spiro atoms. The van der Waals surface area contributed by atoms with Crippen molar-refractivity contribution in [3.05, 3.63) is 67.6 Å². The van der Waals surface area contributed by atoms with E-state index in [4.69, 9.17) is 23.2 Å². The minimum absolute atomic E-state index is 0.0143. The number of aryl methyl sites for hydroxylation is 1. The van der Waals surface area contributed by atoms with E-state index in [2.05, 4.69) is 53.3 Å². The summed E-state index contributed by atoms with van der Waals surface area (Å²) in [4.78, 5) is 0. The van der Waals surface area contributed by atoms with E-state index in [9.17, 15) is 0 Å². The molecule has 0 amide bonds. The number of halogens is 3. The quantitative estimate of drug-likeness (QED) is 0.718. The molecule has 0 saturated heterocycles. The summed E-state index contributed by atoms with van der Waals surface area (Å²) in [5.74, 6) is 0. The van der Waals surface area contributed by atoms with Crippen LogP contribution in [0.2, 0.25) is 10.0 Å². The lowest BCUT2D eigenvalue weighted by Crippen LogP contribution is -2.23. The molecule has 0 fully saturated rings. The van der Waals surface area contributed by atoms with Crippen molar-refractivity contribution >= 4 is 39.1 Å². The summed E-state index contributed by atoms with van der Waals surface area (Å²) in [6, 6.07) is 11.8. The zero-order valence-electron chi connectivity index (χ0n) is 11.4. The summed E-state index contributed by atoms with van der Waals surface area (Å²) >= 11 is 16.2. The SMILES string of the molecule is CCNC(c1cc(Cl)ccc1Cl)c1cccc(C)c1Br. The Hall–Kier alpha value is -0.540. The molecule has 0 saturated carbocycles. The summed E-state index contributed by atoms with van der Waals surface area (Å²) in [7, 11) is 0. The Morgan fingerprint density at radius 2 is 1.90 bits per heavy atom. The van der Waals surface area contributed by atoms with Crippen molar-refractivity contribution in [2.45, 2.75) is 19.9 Å². The van der Waals surface area contributed by atoms with Gasteiger partial charge in [0.2, 0.25) is 0 Å². The van der Waals surface area contributed by atoms with Crippen LogP contribution in [0.1, 0.15) is 29.7 Å². The van der Waals surface area contributed by atoms with Gasteiger partial charge in [-0.25, -0.2) is 0 Å². The molecule has 0 aromatic heterocycles. The molecule has 2 aromatic rings. The topological polar surface area (TPSA) is 12.0 Å². The molecule has 4 heteroatoms. The molecule has 0 bridgehead atoms. The highest BCUT2D eigenvalue weighted by molar-refractivity contribution is 9.10. The Morgan fingerprint density at radius 1 is 1.15 bits per heavy atom. The number of rotatable bonds is 4. The molecule has 2 aromatic carbocycles. The highest BCUT2D eigenvalue weighted by Gasteiger charge is 2.19. The van der Waals surface area contributed by atoms with Gasteiger partial charge in [-0.05, 0) is 48.4 Å². The molecule has 0 aliphatic carbocycles. The van der Waals surface area contributed by atoms with E-state index in [1.54, 1.807) is 0 Å². The Labute approximate surface area is 138 Å². The van der Waals surface area contributed by atoms with Crippen LogP contribution in [-0.2, 0) is 0 Å². The van der Waals surface area contributed by atoms with Gasteiger partial charge < -0.3 is 5.32 Å². The van der Waals surface area contributed by atoms with Crippen LogP contribution in [0, 0.1) is 6.92 Å². The monoisotopic (exact) mass is 371 g/mol. The van der Waals surface area contributed by atoms with Crippen LogP contribution >= 0.6 is 39.1 Å². The maximum Gasteiger partial charge on any atom is 0.0603 e. The molecule has 0 heterocycles. The third kappa shape index (κ3) is 3.37. The normalized spacial score (nSPS) is 12.4. The minimum atomic E-state index is 0.0143. The zero-order chi connectivity index (χ0) is 14.7. The molecule has 0 aliphatic heterocycles. The van der Waals surface area contributed by atoms with Gasteiger partial charge in [0.1, 0.15) is 0 Å². The fraction of sp³-hybridized carbons (Fsp3) is 0.250. The van der Waals surface area contributed by atoms with E-state index in [-0.39, 0.29) is 6.04 Å². The molecule has 0 aliphatic rings. The van der Waals surface area contributed by atoms with Crippen molar-refractivity contribution in [3.8, 4) is 0 Å². The predicted octanol–water partition coefficient (Wildman–Crippen LogP) is 5.76. The molecule has 20 heavy (non-hydrogen) atoms. The molecule has 0 radical (unpaired) electrons. The fourth-order valence-corrected chi connectivity index (χ4v) is 3.12. The van der Waals surface area contributed by atoms with Crippen LogP contribution < -0.4 is 5.32 Å². The minimum Gasteiger partial charge on any atom is -0.306 e. The van der Waals surface area contributed by atoms with Crippen molar-refractivity contribution in [1.82, 2.24) is 5.32 Å². The fourth-order valence-electron chi connectivity index (χ4n) is 2.22. The van der Waals surface area contributed by atoms with Gasteiger partial charge in [-0.1, -0.05) is 64.3 Å². The molecule has 2 rings (SSSR count). The lowest BCUT2D eigenvalue weighted by molar-refractivity contribution is 0.628. The first-order valence-corrected chi connectivity index (χ1v) is 8.02. The lowest BCUT2D eigenvalue weighted by Gasteiger charge is -2.22. The highest BCUT2D eigenvalue weighted by Crippen LogP contribution is 2.35. The Morgan fingerprint density at radius 3 is 2.60 bits per heavy atom. The lowest BCUT2D eigenvalue weighted by atomic mass is 9.97. The number of hydrogen-bond acceptors (Lipinski definition) is 1. The summed E-state index contributed by atoms with van der Waals surface area (Å²) in [6.07, 6.45) is 0. The molecule has 1 unspecified atom stereocenters. The van der Waals surface area contributed by atoms with Gasteiger partial charge >= 0.3 is 0 Å². The van der Waals surface area contributed by atoms with Gasteiger partial charge in [-0.2, -0.15) is 0 Å². The van der Waals surface area contributed by atoms with Crippen LogP contribution in [0.5, 0.6) is 0 Å². The van der Waals surface area contributed by atoms with Crippen LogP contribution in [0.15, 0.2) is 40.9 Å². The Kier molecular flexibility index (Phi) is 5.50. The maximum absolute atomic E-state index is 6.35. The van der Waals surface area contributed by atoms with Gasteiger partial charge in [-0.3, -0.25) is 0 Å². The van der Waals surface area contributed by atoms with Gasteiger partial charge in [0.15, 0.2) is 0 Å². The summed E-state index contributed by atoms with van der Waals surface area (Å²) in [6.45, 7) is 5.00. The van der Waals surface area contributed by atoms with E-state index in [0.717, 1.165) is 22.1 Å². The van der Waals surface area contributed by atoms with E-state index in [0.29, 0.717) is 10.0 Å². The van der Waals surface area contributed by atoms with Crippen molar-refractivity contribution in [1.29, 1.82) is 0 Å². The third-order valence-corrected chi connectivity index (χ3v) is 4.87. The maximum atomic E-state index is 6.35. The van der Waals surface area contributed by atoms with Gasteiger partial charge in [0.05, 0.1) is 6.04 Å². The van der Waals surface area contributed by atoms with Crippen molar-refractivity contribution in [2.24, 2.45) is 0 Å². The standard InChI is InChI=1S/C16H16BrCl2N/c1-3-20-16(12-6-4-5-10(2)15(12)17)13-9-11(18)7-8-14(13)19/h4-9,16,20H,3H2,1-2H3. The van der Waals surface area contributed by atoms with Crippen molar-refractivity contribution < 1.29 is 0 Å². The first-order chi connectivity index (χ1) is 9.54. The third-order valence-electron chi connectivity index (χ3n) is 3.21. The molecule has 1 atom stereocenters. The van der Waals surface area contributed by atoms with Gasteiger partial charge in [0, 0.05) is 14.5 Å². The predicted molar refractivity (Wildman–Crippen MR) is 90.9 cm³/mol. The van der Waals surface area contributed by atoms with Crippen LogP contribution in [-0.4, -0.2) is 6.54 Å². The second-order valence-corrected chi connectivity index (χ2v) is 6.27. The summed E-state index contributed by atoms with van der Waals surface area (Å²) in [5, 5.41) is 4.89. The molecule has 1 N–H and O–H groups in total. The molecular formula is C16H16BrCl2N. The summed E-state index contributed by atoms with van der Waals surface area (Å²) < 4.78 is 1.10. The van der Waals surface area contributed by atoms with Gasteiger partial charge in [0.25, 0.3) is 0 Å². The van der Waals surface area contributed by atoms with Crippen LogP contribution in [0.4, 0.5) is 0 Å². The van der Waals surface area contributed by atoms with E-state index >= 15 is 0 Å². The van der Waals surface area contributed by atoms with E-state index < -0.39 is 0 Å². The number of hydrogen-bond donors (Lipinski definition) is 1. The average molecular weight is 373 g/mol. The largest absolute Gasteiger partial charge is 0.306 e. The Balaban J connectivity index is 2.56. The summed E-state index contributed by atoms with van der Waals surface area (Å²) in [5.41, 5.74) is 3.35. The second kappa shape index (κ2) is 6.95. The second-order valence-electron chi connectivity index (χ2n) is 4.63. The molecular weight excluding hydrogens is 357 g/mol. The number of nitrogens with one attached hydrogen (secondary N) is 1. The first kappa shape index (κ1) is 15.8. The first-order valence-electron chi connectivity index (χ1n) is 6.48. The average Bonchev–Trinajstić information content (AvgIpc) is 2.43. The van der Waals surface area contributed by atoms with E-state index in [1.807, 2.05) is 18.2 Å².